The first-order chi connectivity index (χ1) is 24.7. The van der Waals surface area contributed by atoms with E-state index in [1.54, 1.807) is 45.8 Å². The molecule has 1 aromatic heterocycles. The molecule has 0 spiro atoms. The molecule has 2 aliphatic rings. The summed E-state index contributed by atoms with van der Waals surface area (Å²) in [5, 5.41) is 20.2. The molecular weight excluding hydrogens is 666 g/mol. The van der Waals surface area contributed by atoms with E-state index in [1.165, 1.54) is 16.0 Å². The fourth-order valence-corrected chi connectivity index (χ4v) is 6.62. The number of para-hydroxylation sites is 1. The average Bonchev–Trinajstić information content (AvgIpc) is 3.71. The van der Waals surface area contributed by atoms with Crippen LogP contribution >= 0.6 is 0 Å². The van der Waals surface area contributed by atoms with Gasteiger partial charge in [0.1, 0.15) is 23.8 Å². The fraction of sp³-hybridized carbons (Fsp3) is 0.474. The van der Waals surface area contributed by atoms with Gasteiger partial charge in [0.15, 0.2) is 0 Å². The monoisotopic (exact) mass is 715 g/mol. The van der Waals surface area contributed by atoms with Gasteiger partial charge < -0.3 is 35.6 Å². The lowest BCUT2D eigenvalue weighted by Crippen LogP contribution is -2.53. The summed E-state index contributed by atoms with van der Waals surface area (Å²) in [5.41, 5.74) is 1.31. The molecule has 4 N–H and O–H groups in total. The number of fused-ring (bicyclic) bond motifs is 1. The minimum atomic E-state index is -1.30. The number of hydrogen-bond donors (Lipinski definition) is 4. The van der Waals surface area contributed by atoms with Gasteiger partial charge in [-0.2, -0.15) is 0 Å². The van der Waals surface area contributed by atoms with E-state index in [0.717, 1.165) is 16.5 Å². The Labute approximate surface area is 303 Å². The van der Waals surface area contributed by atoms with E-state index < -0.39 is 59.7 Å². The van der Waals surface area contributed by atoms with E-state index in [2.05, 4.69) is 20.9 Å². The van der Waals surface area contributed by atoms with Crippen molar-refractivity contribution in [2.24, 2.45) is 0 Å². The first-order valence-electron chi connectivity index (χ1n) is 17.6. The molecule has 0 unspecified atom stereocenters. The normalized spacial score (nSPS) is 20.8. The molecule has 0 saturated carbocycles. The number of aliphatic hydroxyl groups excluding tert-OH is 1. The molecule has 0 aliphatic carbocycles. The van der Waals surface area contributed by atoms with Gasteiger partial charge in [0, 0.05) is 30.6 Å². The Morgan fingerprint density at radius 1 is 0.923 bits per heavy atom. The topological polar surface area (TPSA) is 174 Å². The largest absolute Gasteiger partial charge is 0.444 e. The van der Waals surface area contributed by atoms with E-state index >= 15 is 0 Å². The molecule has 0 radical (unpaired) electrons. The van der Waals surface area contributed by atoms with Gasteiger partial charge in [0.05, 0.1) is 23.9 Å². The number of carbonyl (C=O) groups is 5. The second-order valence-electron chi connectivity index (χ2n) is 14.8. The Hall–Kier alpha value is -5.08. The molecule has 5 amide bonds. The number of rotatable bonds is 11. The second-order valence-corrected chi connectivity index (χ2v) is 14.8. The summed E-state index contributed by atoms with van der Waals surface area (Å²) < 4.78 is 5.65. The minimum absolute atomic E-state index is 0.0335. The standard InChI is InChI=1S/C38H49N7O7/c1-38(2,3)52-37(51)45-22-27(40-33(47)23-43(4)5)19-31(45)36(50)44-21-28(42-35(49)32(46)16-15-24-11-7-6-8-12-24)18-30(44)34(48)41-26-17-25-13-9-10-14-29(25)39-20-26/h6-14,17,20,27-28,30-32,46H,15-16,18-19,21-23H2,1-5H3,(H,40,47)(H,41,48)(H,42,49)/t27-,28-,30+,31+,32-/m1/s1. The molecule has 2 fully saturated rings. The summed E-state index contributed by atoms with van der Waals surface area (Å²) in [5.74, 6) is -1.88. The van der Waals surface area contributed by atoms with Crippen LogP contribution in [0.3, 0.4) is 0 Å². The van der Waals surface area contributed by atoms with Crippen LogP contribution in [0.5, 0.6) is 0 Å². The molecule has 52 heavy (non-hydrogen) atoms. The van der Waals surface area contributed by atoms with Gasteiger partial charge in [-0.3, -0.25) is 29.1 Å². The molecule has 2 saturated heterocycles. The second kappa shape index (κ2) is 16.5. The molecule has 2 aliphatic heterocycles. The Morgan fingerprint density at radius 2 is 1.58 bits per heavy atom. The van der Waals surface area contributed by atoms with Crippen LogP contribution in [0.4, 0.5) is 10.5 Å². The van der Waals surface area contributed by atoms with Gasteiger partial charge in [-0.05, 0) is 78.2 Å². The highest BCUT2D eigenvalue weighted by molar-refractivity contribution is 6.00. The van der Waals surface area contributed by atoms with Crippen molar-refractivity contribution in [1.29, 1.82) is 0 Å². The zero-order chi connectivity index (χ0) is 37.6. The maximum atomic E-state index is 14.5. The van der Waals surface area contributed by atoms with E-state index in [4.69, 9.17) is 4.74 Å². The molecule has 3 heterocycles. The van der Waals surface area contributed by atoms with Crippen LogP contribution in [0.25, 0.3) is 10.9 Å². The lowest BCUT2D eigenvalue weighted by molar-refractivity contribution is -0.140. The van der Waals surface area contributed by atoms with E-state index in [1.807, 2.05) is 54.6 Å². The summed E-state index contributed by atoms with van der Waals surface area (Å²) in [7, 11) is 3.52. The number of amides is 5. The molecule has 14 nitrogen and oxygen atoms in total. The van der Waals surface area contributed by atoms with Gasteiger partial charge in [0.25, 0.3) is 0 Å². The number of benzene rings is 2. The number of aliphatic hydroxyl groups is 1. The summed E-state index contributed by atoms with van der Waals surface area (Å²) in [6, 6.07) is 15.5. The smallest absolute Gasteiger partial charge is 0.411 e. The summed E-state index contributed by atoms with van der Waals surface area (Å²) in [6.45, 7) is 5.28. The number of hydrogen-bond acceptors (Lipinski definition) is 9. The Kier molecular flexibility index (Phi) is 12.1. The molecule has 14 heteroatoms. The van der Waals surface area contributed by atoms with Crippen LogP contribution in [-0.2, 0) is 30.3 Å². The average molecular weight is 716 g/mol. The molecule has 5 rings (SSSR count). The highest BCUT2D eigenvalue weighted by Gasteiger charge is 2.48. The Morgan fingerprint density at radius 3 is 2.29 bits per heavy atom. The van der Waals surface area contributed by atoms with Crippen LogP contribution in [-0.4, -0.2) is 124 Å². The van der Waals surface area contributed by atoms with Crippen molar-refractivity contribution in [3.8, 4) is 0 Å². The van der Waals surface area contributed by atoms with Gasteiger partial charge in [0.2, 0.25) is 23.6 Å². The predicted octanol–water partition coefficient (Wildman–Crippen LogP) is 2.31. The van der Waals surface area contributed by atoms with Crippen LogP contribution in [0.1, 0.15) is 45.6 Å². The Bertz CT molecular complexity index is 1760. The molecule has 5 atom stereocenters. The number of aromatic nitrogens is 1. The number of ether oxygens (including phenoxy) is 1. The number of likely N-dealkylation sites (N-methyl/N-ethyl adjacent to an activating group) is 1. The third-order valence-corrected chi connectivity index (χ3v) is 8.98. The van der Waals surface area contributed by atoms with Gasteiger partial charge in [-0.15, -0.1) is 0 Å². The number of aryl methyl sites for hydroxylation is 1. The number of likely N-dealkylation sites (tertiary alicyclic amines) is 2. The number of nitrogens with one attached hydrogen (secondary N) is 3. The third kappa shape index (κ3) is 10.0. The SMILES string of the molecule is CN(C)CC(=O)N[C@@H]1C[C@@H](C(=O)N2C[C@H](NC(=O)[C@H](O)CCc3ccccc3)C[C@H]2C(=O)Nc2cnc3ccccc3c2)N(C(=O)OC(C)(C)C)C1. The maximum Gasteiger partial charge on any atom is 0.411 e. The van der Waals surface area contributed by atoms with Crippen molar-refractivity contribution in [2.45, 2.75) is 82.3 Å². The van der Waals surface area contributed by atoms with Crippen molar-refractivity contribution >= 4 is 46.3 Å². The maximum absolute atomic E-state index is 14.5. The first kappa shape index (κ1) is 38.2. The quantitative estimate of drug-likeness (QED) is 0.232. The molecule has 278 valence electrons. The van der Waals surface area contributed by atoms with Crippen LogP contribution in [0, 0.1) is 0 Å². The van der Waals surface area contributed by atoms with E-state index in [9.17, 15) is 29.1 Å². The third-order valence-electron chi connectivity index (χ3n) is 8.98. The summed E-state index contributed by atoms with van der Waals surface area (Å²) in [4.78, 5) is 76.6. The van der Waals surface area contributed by atoms with Crippen LogP contribution < -0.4 is 16.0 Å². The zero-order valence-electron chi connectivity index (χ0n) is 30.4. The lowest BCUT2D eigenvalue weighted by atomic mass is 10.1. The fourth-order valence-electron chi connectivity index (χ4n) is 6.62. The van der Waals surface area contributed by atoms with E-state index in [-0.39, 0.29) is 44.8 Å². The summed E-state index contributed by atoms with van der Waals surface area (Å²) in [6.07, 6.45) is 0.367. The van der Waals surface area contributed by atoms with Crippen molar-refractivity contribution in [3.63, 3.8) is 0 Å². The molecule has 2 aromatic carbocycles. The van der Waals surface area contributed by atoms with Crippen molar-refractivity contribution in [2.75, 3.05) is 39.0 Å². The van der Waals surface area contributed by atoms with E-state index in [0.29, 0.717) is 12.1 Å². The number of carbonyl (C=O) groups excluding carboxylic acids is 5. The highest BCUT2D eigenvalue weighted by Crippen LogP contribution is 2.28. The van der Waals surface area contributed by atoms with Gasteiger partial charge in [-0.1, -0.05) is 48.5 Å². The van der Waals surface area contributed by atoms with Crippen LogP contribution in [0.15, 0.2) is 66.9 Å². The first-order valence-corrected chi connectivity index (χ1v) is 17.6. The van der Waals surface area contributed by atoms with Gasteiger partial charge >= 0.3 is 6.09 Å². The van der Waals surface area contributed by atoms with Crippen LogP contribution in [0.2, 0.25) is 0 Å². The lowest BCUT2D eigenvalue weighted by Gasteiger charge is -2.32. The zero-order valence-corrected chi connectivity index (χ0v) is 30.4. The molecule has 0 bridgehead atoms. The van der Waals surface area contributed by atoms with Gasteiger partial charge in [-0.25, -0.2) is 4.79 Å². The molecular formula is C38H49N7O7. The Balaban J connectivity index is 1.36. The van der Waals surface area contributed by atoms with Crippen molar-refractivity contribution in [1.82, 2.24) is 30.3 Å². The predicted molar refractivity (Wildman–Crippen MR) is 195 cm³/mol. The molecule has 3 aromatic rings. The number of anilines is 1. The number of nitrogens with zero attached hydrogens (tertiary/aromatic N) is 4. The highest BCUT2D eigenvalue weighted by atomic mass is 16.6. The van der Waals surface area contributed by atoms with Crippen molar-refractivity contribution < 1.29 is 33.8 Å². The summed E-state index contributed by atoms with van der Waals surface area (Å²) >= 11 is 0. The minimum Gasteiger partial charge on any atom is -0.444 e. The van der Waals surface area contributed by atoms with Crippen molar-refractivity contribution in [3.05, 3.63) is 72.4 Å². The number of pyridine rings is 1.